The molecule has 2 rings (SSSR count). The first-order valence-corrected chi connectivity index (χ1v) is 6.90. The Hall–Kier alpha value is -1.88. The maximum Gasteiger partial charge on any atom is 0.119 e. The average molecular weight is 275 g/mol. The number of nitrogens with zero attached hydrogens (tertiary/aromatic N) is 3. The molecule has 0 atom stereocenters. The van der Waals surface area contributed by atoms with Gasteiger partial charge >= 0.3 is 0 Å². The second-order valence-electron chi connectivity index (χ2n) is 4.84. The second kappa shape index (κ2) is 7.05. The molecule has 1 aromatic heterocycles. The number of rotatable bonds is 7. The van der Waals surface area contributed by atoms with Crippen LogP contribution in [0.5, 0.6) is 5.75 Å². The number of hydrogen-bond donors (Lipinski definition) is 1. The van der Waals surface area contributed by atoms with Crippen molar-refractivity contribution in [2.24, 2.45) is 0 Å². The highest BCUT2D eigenvalue weighted by atomic mass is 16.5. The van der Waals surface area contributed by atoms with Crippen molar-refractivity contribution in [1.82, 2.24) is 15.0 Å². The van der Waals surface area contributed by atoms with Gasteiger partial charge in [-0.1, -0.05) is 17.3 Å². The van der Waals surface area contributed by atoms with E-state index in [-0.39, 0.29) is 6.61 Å². The van der Waals surface area contributed by atoms with Crippen molar-refractivity contribution in [3.63, 3.8) is 0 Å². The Bertz CT molecular complexity index is 552. The molecule has 20 heavy (non-hydrogen) atoms. The van der Waals surface area contributed by atoms with Crippen molar-refractivity contribution in [3.05, 3.63) is 41.2 Å². The van der Waals surface area contributed by atoms with E-state index in [1.54, 1.807) is 0 Å². The smallest absolute Gasteiger partial charge is 0.119 e. The van der Waals surface area contributed by atoms with Crippen molar-refractivity contribution >= 4 is 0 Å². The van der Waals surface area contributed by atoms with Crippen LogP contribution >= 0.6 is 0 Å². The predicted molar refractivity (Wildman–Crippen MR) is 76.8 cm³/mol. The van der Waals surface area contributed by atoms with Gasteiger partial charge in [-0.05, 0) is 44.4 Å². The van der Waals surface area contributed by atoms with Crippen LogP contribution in [-0.4, -0.2) is 33.3 Å². The zero-order valence-corrected chi connectivity index (χ0v) is 12.0. The second-order valence-corrected chi connectivity index (χ2v) is 4.84. The molecule has 1 N–H and O–H groups in total. The fourth-order valence-corrected chi connectivity index (χ4v) is 2.04. The lowest BCUT2D eigenvalue weighted by atomic mass is 10.2. The first-order valence-electron chi connectivity index (χ1n) is 6.90. The van der Waals surface area contributed by atoms with Crippen molar-refractivity contribution < 1.29 is 9.84 Å². The molecule has 0 saturated heterocycles. The van der Waals surface area contributed by atoms with Gasteiger partial charge in [0, 0.05) is 6.61 Å². The van der Waals surface area contributed by atoms with Gasteiger partial charge in [-0.3, -0.25) is 0 Å². The van der Waals surface area contributed by atoms with Crippen LogP contribution in [0.2, 0.25) is 0 Å². The maximum absolute atomic E-state index is 8.84. The van der Waals surface area contributed by atoms with E-state index in [9.17, 15) is 0 Å². The molecule has 5 heteroatoms. The summed E-state index contributed by atoms with van der Waals surface area (Å²) in [7, 11) is 0. The first-order chi connectivity index (χ1) is 9.70. The van der Waals surface area contributed by atoms with Crippen LogP contribution in [-0.2, 0) is 13.0 Å². The summed E-state index contributed by atoms with van der Waals surface area (Å²) in [5, 5.41) is 17.1. The van der Waals surface area contributed by atoms with Crippen LogP contribution < -0.4 is 4.74 Å². The molecular weight excluding hydrogens is 254 g/mol. The molecule has 1 heterocycles. The van der Waals surface area contributed by atoms with Crippen LogP contribution in [0.25, 0.3) is 0 Å². The largest absolute Gasteiger partial charge is 0.492 e. The number of benzene rings is 1. The topological polar surface area (TPSA) is 60.2 Å². The molecule has 0 amide bonds. The monoisotopic (exact) mass is 275 g/mol. The number of aromatic nitrogens is 3. The SMILES string of the molecule is Cc1cccc(OCCn2nnc(CCCO)c2C)c1. The van der Waals surface area contributed by atoms with Crippen LogP contribution in [0.3, 0.4) is 0 Å². The van der Waals surface area contributed by atoms with Gasteiger partial charge in [-0.2, -0.15) is 0 Å². The van der Waals surface area contributed by atoms with E-state index in [0.717, 1.165) is 30.0 Å². The molecule has 2 aromatic rings. The lowest BCUT2D eigenvalue weighted by Crippen LogP contribution is -2.11. The summed E-state index contributed by atoms with van der Waals surface area (Å²) >= 11 is 0. The summed E-state index contributed by atoms with van der Waals surface area (Å²) in [6, 6.07) is 8.00. The van der Waals surface area contributed by atoms with Gasteiger partial charge in [0.25, 0.3) is 0 Å². The van der Waals surface area contributed by atoms with E-state index >= 15 is 0 Å². The Morgan fingerprint density at radius 2 is 2.15 bits per heavy atom. The Balaban J connectivity index is 1.86. The van der Waals surface area contributed by atoms with E-state index < -0.39 is 0 Å². The lowest BCUT2D eigenvalue weighted by molar-refractivity contribution is 0.287. The maximum atomic E-state index is 8.84. The van der Waals surface area contributed by atoms with Crippen molar-refractivity contribution in [1.29, 1.82) is 0 Å². The van der Waals surface area contributed by atoms with Crippen molar-refractivity contribution in [2.45, 2.75) is 33.2 Å². The fraction of sp³-hybridized carbons (Fsp3) is 0.467. The molecule has 0 spiro atoms. The van der Waals surface area contributed by atoms with Gasteiger partial charge in [0.1, 0.15) is 12.4 Å². The molecule has 0 bridgehead atoms. The number of hydrogen-bond acceptors (Lipinski definition) is 4. The average Bonchev–Trinajstić information content (AvgIpc) is 2.78. The van der Waals surface area contributed by atoms with E-state index in [1.807, 2.05) is 42.8 Å². The van der Waals surface area contributed by atoms with Crippen LogP contribution in [0.4, 0.5) is 0 Å². The Morgan fingerprint density at radius 3 is 2.90 bits per heavy atom. The minimum Gasteiger partial charge on any atom is -0.492 e. The molecule has 108 valence electrons. The van der Waals surface area contributed by atoms with Crippen molar-refractivity contribution in [3.8, 4) is 5.75 Å². The van der Waals surface area contributed by atoms with E-state index in [2.05, 4.69) is 10.3 Å². The van der Waals surface area contributed by atoms with Crippen LogP contribution in [0.1, 0.15) is 23.4 Å². The molecule has 0 aliphatic heterocycles. The van der Waals surface area contributed by atoms with Crippen LogP contribution in [0.15, 0.2) is 24.3 Å². The summed E-state index contributed by atoms with van der Waals surface area (Å²) in [4.78, 5) is 0. The van der Waals surface area contributed by atoms with E-state index in [4.69, 9.17) is 9.84 Å². The number of aryl methyl sites for hydroxylation is 2. The Labute approximate surface area is 119 Å². The van der Waals surface area contributed by atoms with Gasteiger partial charge < -0.3 is 9.84 Å². The summed E-state index contributed by atoms with van der Waals surface area (Å²) in [6.45, 7) is 5.46. The lowest BCUT2D eigenvalue weighted by Gasteiger charge is -2.07. The van der Waals surface area contributed by atoms with Gasteiger partial charge in [0.2, 0.25) is 0 Å². The predicted octanol–water partition coefficient (Wildman–Crippen LogP) is 1.90. The molecule has 0 aliphatic carbocycles. The molecule has 0 unspecified atom stereocenters. The van der Waals surface area contributed by atoms with Crippen molar-refractivity contribution in [2.75, 3.05) is 13.2 Å². The quantitative estimate of drug-likeness (QED) is 0.838. The third-order valence-corrected chi connectivity index (χ3v) is 3.21. The molecule has 0 radical (unpaired) electrons. The van der Waals surface area contributed by atoms with Gasteiger partial charge in [-0.15, -0.1) is 5.10 Å². The highest BCUT2D eigenvalue weighted by molar-refractivity contribution is 5.27. The zero-order valence-electron chi connectivity index (χ0n) is 12.0. The number of aliphatic hydroxyl groups excluding tert-OH is 1. The van der Waals surface area contributed by atoms with Crippen LogP contribution in [0, 0.1) is 13.8 Å². The first kappa shape index (κ1) is 14.5. The van der Waals surface area contributed by atoms with Gasteiger partial charge in [0.15, 0.2) is 0 Å². The number of ether oxygens (including phenoxy) is 1. The van der Waals surface area contributed by atoms with Gasteiger partial charge in [0.05, 0.1) is 17.9 Å². The Morgan fingerprint density at radius 1 is 1.30 bits per heavy atom. The molecular formula is C15H21N3O2. The zero-order chi connectivity index (χ0) is 14.4. The molecule has 0 aliphatic rings. The normalized spacial score (nSPS) is 10.8. The third-order valence-electron chi connectivity index (χ3n) is 3.21. The fourth-order valence-electron chi connectivity index (χ4n) is 2.04. The van der Waals surface area contributed by atoms with Gasteiger partial charge in [-0.25, -0.2) is 4.68 Å². The molecule has 0 fully saturated rings. The third kappa shape index (κ3) is 3.81. The molecule has 5 nitrogen and oxygen atoms in total. The highest BCUT2D eigenvalue weighted by Crippen LogP contribution is 2.12. The van der Waals surface area contributed by atoms with E-state index in [0.29, 0.717) is 13.2 Å². The summed E-state index contributed by atoms with van der Waals surface area (Å²) < 4.78 is 7.56. The summed E-state index contributed by atoms with van der Waals surface area (Å²) in [5.74, 6) is 0.878. The summed E-state index contributed by atoms with van der Waals surface area (Å²) in [6.07, 6.45) is 1.49. The summed E-state index contributed by atoms with van der Waals surface area (Å²) in [5.41, 5.74) is 3.19. The minimum atomic E-state index is 0.183. The standard InChI is InChI=1S/C15H21N3O2/c1-12-5-3-6-14(11-12)20-10-8-18-13(2)15(16-17-18)7-4-9-19/h3,5-6,11,19H,4,7-10H2,1-2H3. The minimum absolute atomic E-state index is 0.183. The highest BCUT2D eigenvalue weighted by Gasteiger charge is 2.07. The Kier molecular flexibility index (Phi) is 5.12. The van der Waals surface area contributed by atoms with E-state index in [1.165, 1.54) is 5.56 Å². The number of aliphatic hydroxyl groups is 1. The molecule has 1 aromatic carbocycles. The molecule has 0 saturated carbocycles.